The van der Waals surface area contributed by atoms with Crippen LogP contribution in [0.15, 0.2) is 146 Å². The minimum absolute atomic E-state index is 0.397. The minimum Gasteiger partial charge on any atom is -0.395 e. The molecule has 0 aliphatic heterocycles. The summed E-state index contributed by atoms with van der Waals surface area (Å²) in [6.45, 7) is 4.33. The molecule has 266 valence electrons. The first kappa shape index (κ1) is 34.4. The Labute approximate surface area is 313 Å². The lowest BCUT2D eigenvalue weighted by molar-refractivity contribution is 0.152. The van der Waals surface area contributed by atoms with Crippen molar-refractivity contribution in [3.8, 4) is 34.1 Å². The number of ether oxygens (including phenoxy) is 4. The quantitative estimate of drug-likeness (QED) is 0.0843. The molecule has 8 aromatic carbocycles. The lowest BCUT2D eigenvalue weighted by Crippen LogP contribution is -2.14. The van der Waals surface area contributed by atoms with Gasteiger partial charge >= 0.3 is 12.3 Å². The van der Waals surface area contributed by atoms with Gasteiger partial charge in [-0.1, -0.05) is 148 Å². The van der Waals surface area contributed by atoms with E-state index >= 15 is 0 Å². The second kappa shape index (κ2) is 15.1. The number of hydrogen-bond donors (Lipinski definition) is 0. The molecule has 0 fully saturated rings. The smallest absolute Gasteiger partial charge is 0.395 e. The number of benzene rings is 8. The zero-order valence-corrected chi connectivity index (χ0v) is 30.1. The van der Waals surface area contributed by atoms with Gasteiger partial charge in [-0.15, -0.1) is 0 Å². The van der Waals surface area contributed by atoms with E-state index < -0.39 is 12.3 Å². The van der Waals surface area contributed by atoms with Crippen molar-refractivity contribution in [2.75, 3.05) is 0 Å². The molecule has 0 N–H and O–H groups in total. The van der Waals surface area contributed by atoms with E-state index in [2.05, 4.69) is 50.2 Å². The van der Waals surface area contributed by atoms with Gasteiger partial charge in [0.2, 0.25) is 0 Å². The number of carbonyl (C=O) groups is 2. The highest BCUT2D eigenvalue weighted by Crippen LogP contribution is 2.50. The normalized spacial score (nSPS) is 11.2. The minimum atomic E-state index is -0.818. The first-order valence-corrected chi connectivity index (χ1v) is 18.4. The predicted octanol–water partition coefficient (Wildman–Crippen LogP) is 13.0. The summed E-state index contributed by atoms with van der Waals surface area (Å²) >= 11 is 0. The summed E-state index contributed by atoms with van der Waals surface area (Å²) < 4.78 is 23.5. The van der Waals surface area contributed by atoms with Gasteiger partial charge < -0.3 is 18.9 Å². The van der Waals surface area contributed by atoms with Crippen LogP contribution in [0.5, 0.6) is 23.0 Å². The highest BCUT2D eigenvalue weighted by atomic mass is 16.7. The van der Waals surface area contributed by atoms with Crippen LogP contribution in [0.4, 0.5) is 9.59 Å². The van der Waals surface area contributed by atoms with Crippen LogP contribution in [0.1, 0.15) is 37.8 Å². The Bertz CT molecular complexity index is 2480. The van der Waals surface area contributed by atoms with Gasteiger partial charge in [0, 0.05) is 21.5 Å². The van der Waals surface area contributed by atoms with Crippen molar-refractivity contribution in [3.05, 3.63) is 157 Å². The highest BCUT2D eigenvalue weighted by molar-refractivity contribution is 6.27. The van der Waals surface area contributed by atoms with Crippen molar-refractivity contribution in [1.82, 2.24) is 0 Å². The standard InChI is InChI=1S/C48H38O6/c1-3-15-31-25-27-39-41(29-31)43(35-21-11-13-23-37(35)45(39)53-47(49)51-33-17-7-5-8-18-33)44-36-22-12-14-24-38(36)46(40-28-26-32(16-4-2)30-42(40)44)54-48(50)52-34-19-9-6-10-20-34/h5-14,17-30H,3-4,15-16H2,1-2H3. The maximum atomic E-state index is 13.4. The molecule has 0 radical (unpaired) electrons. The fraction of sp³-hybridized carbons (Fsp3) is 0.125. The molecule has 6 heteroatoms. The van der Waals surface area contributed by atoms with Crippen LogP contribution in [0.25, 0.3) is 54.2 Å². The maximum Gasteiger partial charge on any atom is 0.519 e. The van der Waals surface area contributed by atoms with E-state index in [0.29, 0.717) is 23.0 Å². The first-order chi connectivity index (χ1) is 26.5. The van der Waals surface area contributed by atoms with E-state index in [1.54, 1.807) is 48.5 Å². The lowest BCUT2D eigenvalue weighted by Gasteiger charge is -2.22. The third kappa shape index (κ3) is 6.70. The topological polar surface area (TPSA) is 71.1 Å². The van der Waals surface area contributed by atoms with Crippen molar-refractivity contribution in [3.63, 3.8) is 0 Å². The molecule has 0 spiro atoms. The van der Waals surface area contributed by atoms with Gasteiger partial charge in [-0.05, 0) is 80.9 Å². The van der Waals surface area contributed by atoms with E-state index in [9.17, 15) is 9.59 Å². The SMILES string of the molecule is CCCc1ccc2c(OC(=O)Oc3ccccc3)c3ccccc3c(-c3c4ccccc4c(OC(=O)Oc4ccccc4)c4ccc(CCC)cc34)c2c1. The molecular formula is C48H38O6. The van der Waals surface area contributed by atoms with Gasteiger partial charge in [-0.2, -0.15) is 0 Å². The zero-order chi connectivity index (χ0) is 37.0. The molecule has 0 atom stereocenters. The maximum absolute atomic E-state index is 13.4. The zero-order valence-electron chi connectivity index (χ0n) is 30.1. The van der Waals surface area contributed by atoms with Gasteiger partial charge in [0.25, 0.3) is 0 Å². The molecule has 0 heterocycles. The van der Waals surface area contributed by atoms with E-state index in [4.69, 9.17) is 18.9 Å². The summed E-state index contributed by atoms with van der Waals surface area (Å²) in [5.41, 5.74) is 4.33. The number of fused-ring (bicyclic) bond motifs is 4. The van der Waals surface area contributed by atoms with Gasteiger partial charge in [-0.3, -0.25) is 0 Å². The van der Waals surface area contributed by atoms with Crippen LogP contribution >= 0.6 is 0 Å². The van der Waals surface area contributed by atoms with Crippen molar-refractivity contribution in [2.45, 2.75) is 39.5 Å². The largest absolute Gasteiger partial charge is 0.519 e. The average molecular weight is 711 g/mol. The molecule has 0 saturated carbocycles. The van der Waals surface area contributed by atoms with Crippen LogP contribution in [0, 0.1) is 0 Å². The van der Waals surface area contributed by atoms with Crippen molar-refractivity contribution in [1.29, 1.82) is 0 Å². The summed E-state index contributed by atoms with van der Waals surface area (Å²) in [6, 6.07) is 46.6. The number of rotatable bonds is 9. The molecule has 0 amide bonds. The van der Waals surface area contributed by atoms with Crippen molar-refractivity contribution in [2.24, 2.45) is 0 Å². The fourth-order valence-corrected chi connectivity index (χ4v) is 7.40. The molecule has 8 aromatic rings. The average Bonchev–Trinajstić information content (AvgIpc) is 3.19. The summed E-state index contributed by atoms with van der Waals surface area (Å²) in [6.07, 6.45) is 2.07. The molecule has 54 heavy (non-hydrogen) atoms. The number of aryl methyl sites for hydroxylation is 2. The van der Waals surface area contributed by atoms with Crippen LogP contribution in [0.2, 0.25) is 0 Å². The third-order valence-corrected chi connectivity index (χ3v) is 9.66. The molecular weight excluding hydrogens is 673 g/mol. The molecule has 0 aromatic heterocycles. The second-order valence-electron chi connectivity index (χ2n) is 13.3. The van der Waals surface area contributed by atoms with E-state index in [-0.39, 0.29) is 0 Å². The lowest BCUT2D eigenvalue weighted by atomic mass is 9.84. The van der Waals surface area contributed by atoms with E-state index in [1.165, 1.54) is 11.1 Å². The second-order valence-corrected chi connectivity index (χ2v) is 13.3. The fourth-order valence-electron chi connectivity index (χ4n) is 7.40. The Hall–Kier alpha value is -6.66. The van der Waals surface area contributed by atoms with Crippen LogP contribution in [0.3, 0.4) is 0 Å². The molecule has 0 aliphatic rings. The third-order valence-electron chi connectivity index (χ3n) is 9.66. The van der Waals surface area contributed by atoms with Crippen molar-refractivity contribution < 1.29 is 28.5 Å². The van der Waals surface area contributed by atoms with Crippen LogP contribution < -0.4 is 18.9 Å². The molecule has 0 aliphatic carbocycles. The Morgan fingerprint density at radius 1 is 0.389 bits per heavy atom. The Balaban J connectivity index is 1.41. The molecule has 0 unspecified atom stereocenters. The number of para-hydroxylation sites is 2. The van der Waals surface area contributed by atoms with Crippen LogP contribution in [-0.4, -0.2) is 12.3 Å². The summed E-state index contributed by atoms with van der Waals surface area (Å²) in [7, 11) is 0. The Kier molecular flexibility index (Phi) is 9.65. The summed E-state index contributed by atoms with van der Waals surface area (Å²) in [5.74, 6) is 1.65. The Morgan fingerprint density at radius 2 is 0.741 bits per heavy atom. The molecule has 6 nitrogen and oxygen atoms in total. The molecule has 0 saturated heterocycles. The van der Waals surface area contributed by atoms with E-state index in [0.717, 1.165) is 79.9 Å². The Morgan fingerprint density at radius 3 is 1.13 bits per heavy atom. The van der Waals surface area contributed by atoms with Gasteiger partial charge in [-0.25, -0.2) is 9.59 Å². The number of carbonyl (C=O) groups excluding carboxylic acids is 2. The van der Waals surface area contributed by atoms with Crippen molar-refractivity contribution >= 4 is 55.4 Å². The first-order valence-electron chi connectivity index (χ1n) is 18.4. The summed E-state index contributed by atoms with van der Waals surface area (Å²) in [4.78, 5) is 26.8. The molecule has 0 bridgehead atoms. The highest BCUT2D eigenvalue weighted by Gasteiger charge is 2.25. The predicted molar refractivity (Wildman–Crippen MR) is 216 cm³/mol. The van der Waals surface area contributed by atoms with E-state index in [1.807, 2.05) is 60.7 Å². The van der Waals surface area contributed by atoms with Crippen LogP contribution in [-0.2, 0) is 12.8 Å². The van der Waals surface area contributed by atoms with Gasteiger partial charge in [0.15, 0.2) is 0 Å². The monoisotopic (exact) mass is 710 g/mol. The number of hydrogen-bond acceptors (Lipinski definition) is 6. The molecule has 8 rings (SSSR count). The van der Waals surface area contributed by atoms with Gasteiger partial charge in [0.05, 0.1) is 0 Å². The summed E-state index contributed by atoms with van der Waals surface area (Å²) in [5, 5.41) is 6.78. The van der Waals surface area contributed by atoms with Gasteiger partial charge in [0.1, 0.15) is 23.0 Å².